The Bertz CT molecular complexity index is 315. The summed E-state index contributed by atoms with van der Waals surface area (Å²) in [4.78, 5) is 6.49. The number of nitrogens with zero attached hydrogens (tertiary/aromatic N) is 2. The standard InChI is InChI=1S/C11H18N2OS/c1-9-6-10(8-14)7-12-11(9)15-5-4-13(2)3/h6-7,14H,4-5,8H2,1-3H3. The summed E-state index contributed by atoms with van der Waals surface area (Å²) in [5, 5.41) is 10.0. The number of aliphatic hydroxyl groups is 1. The van der Waals surface area contributed by atoms with Gasteiger partial charge in [-0.25, -0.2) is 4.98 Å². The van der Waals surface area contributed by atoms with Crippen molar-refractivity contribution in [2.75, 3.05) is 26.4 Å². The second-order valence-corrected chi connectivity index (χ2v) is 4.86. The summed E-state index contributed by atoms with van der Waals surface area (Å²) in [5.74, 6) is 1.04. The van der Waals surface area contributed by atoms with Gasteiger partial charge in [-0.2, -0.15) is 0 Å². The number of hydrogen-bond donors (Lipinski definition) is 1. The quantitative estimate of drug-likeness (QED) is 0.773. The molecule has 0 aromatic carbocycles. The number of aromatic nitrogens is 1. The maximum atomic E-state index is 8.95. The average molecular weight is 226 g/mol. The Morgan fingerprint density at radius 3 is 2.73 bits per heavy atom. The van der Waals surface area contributed by atoms with Gasteiger partial charge in [-0.3, -0.25) is 0 Å². The first-order valence-corrected chi connectivity index (χ1v) is 5.96. The molecular weight excluding hydrogens is 208 g/mol. The Kier molecular flexibility index (Phi) is 5.08. The Hall–Kier alpha value is -0.580. The fraction of sp³-hybridized carbons (Fsp3) is 0.545. The predicted molar refractivity (Wildman–Crippen MR) is 64.2 cm³/mol. The van der Waals surface area contributed by atoms with E-state index in [0.717, 1.165) is 28.5 Å². The summed E-state index contributed by atoms with van der Waals surface area (Å²) < 4.78 is 0. The Balaban J connectivity index is 2.54. The van der Waals surface area contributed by atoms with Crippen LogP contribution >= 0.6 is 11.8 Å². The molecular formula is C11H18N2OS. The molecule has 0 aliphatic heterocycles. The van der Waals surface area contributed by atoms with Crippen molar-refractivity contribution in [3.8, 4) is 0 Å². The van der Waals surface area contributed by atoms with Crippen molar-refractivity contribution in [1.29, 1.82) is 0 Å². The monoisotopic (exact) mass is 226 g/mol. The van der Waals surface area contributed by atoms with Crippen LogP contribution in [-0.2, 0) is 6.61 Å². The summed E-state index contributed by atoms with van der Waals surface area (Å²) in [5.41, 5.74) is 2.02. The van der Waals surface area contributed by atoms with Gasteiger partial charge in [0.2, 0.25) is 0 Å². The van der Waals surface area contributed by atoms with Crippen molar-refractivity contribution in [2.24, 2.45) is 0 Å². The molecule has 0 aliphatic rings. The largest absolute Gasteiger partial charge is 0.392 e. The highest BCUT2D eigenvalue weighted by molar-refractivity contribution is 7.99. The van der Waals surface area contributed by atoms with E-state index in [0.29, 0.717) is 0 Å². The van der Waals surface area contributed by atoms with Gasteiger partial charge < -0.3 is 10.0 Å². The number of pyridine rings is 1. The predicted octanol–water partition coefficient (Wildman–Crippen LogP) is 1.54. The van der Waals surface area contributed by atoms with Crippen LogP contribution in [0.5, 0.6) is 0 Å². The van der Waals surface area contributed by atoms with E-state index >= 15 is 0 Å². The fourth-order valence-corrected chi connectivity index (χ4v) is 2.25. The normalized spacial score (nSPS) is 11.0. The zero-order valence-electron chi connectivity index (χ0n) is 9.53. The second-order valence-electron chi connectivity index (χ2n) is 3.78. The minimum Gasteiger partial charge on any atom is -0.392 e. The van der Waals surface area contributed by atoms with Crippen molar-refractivity contribution in [1.82, 2.24) is 9.88 Å². The summed E-state index contributed by atoms with van der Waals surface area (Å²) in [6, 6.07) is 1.99. The Morgan fingerprint density at radius 2 is 2.20 bits per heavy atom. The highest BCUT2D eigenvalue weighted by atomic mass is 32.2. The molecule has 4 heteroatoms. The van der Waals surface area contributed by atoms with Crippen LogP contribution in [0.1, 0.15) is 11.1 Å². The number of aryl methyl sites for hydroxylation is 1. The molecule has 0 aliphatic carbocycles. The first-order valence-electron chi connectivity index (χ1n) is 4.97. The summed E-state index contributed by atoms with van der Waals surface area (Å²) in [6.45, 7) is 3.15. The second kappa shape index (κ2) is 6.10. The Labute approximate surface area is 95.5 Å². The van der Waals surface area contributed by atoms with Gasteiger partial charge in [0.05, 0.1) is 11.6 Å². The number of aliphatic hydroxyl groups excluding tert-OH is 1. The van der Waals surface area contributed by atoms with Crippen molar-refractivity contribution < 1.29 is 5.11 Å². The molecule has 0 fully saturated rings. The van der Waals surface area contributed by atoms with Crippen LogP contribution in [0.25, 0.3) is 0 Å². The fourth-order valence-electron chi connectivity index (χ4n) is 1.18. The lowest BCUT2D eigenvalue weighted by Gasteiger charge is -2.09. The van der Waals surface area contributed by atoms with Crippen LogP contribution in [0.3, 0.4) is 0 Å². The highest BCUT2D eigenvalue weighted by Gasteiger charge is 2.02. The lowest BCUT2D eigenvalue weighted by atomic mass is 10.2. The van der Waals surface area contributed by atoms with Gasteiger partial charge in [-0.1, -0.05) is 0 Å². The maximum absolute atomic E-state index is 8.95. The van der Waals surface area contributed by atoms with Gasteiger partial charge in [0.1, 0.15) is 0 Å². The molecule has 0 amide bonds. The molecule has 1 N–H and O–H groups in total. The molecule has 0 saturated heterocycles. The number of rotatable bonds is 5. The third-order valence-corrected chi connectivity index (χ3v) is 3.13. The molecule has 0 atom stereocenters. The van der Waals surface area contributed by atoms with Crippen molar-refractivity contribution in [2.45, 2.75) is 18.6 Å². The third kappa shape index (κ3) is 4.20. The van der Waals surface area contributed by atoms with E-state index in [9.17, 15) is 0 Å². The molecule has 0 radical (unpaired) electrons. The minimum absolute atomic E-state index is 0.0660. The highest BCUT2D eigenvalue weighted by Crippen LogP contribution is 2.20. The van der Waals surface area contributed by atoms with Crippen LogP contribution < -0.4 is 0 Å². The molecule has 1 rings (SSSR count). The van der Waals surface area contributed by atoms with Crippen LogP contribution in [0.15, 0.2) is 17.3 Å². The van der Waals surface area contributed by atoms with Crippen LogP contribution in [-0.4, -0.2) is 41.4 Å². The first-order chi connectivity index (χ1) is 7.13. The average Bonchev–Trinajstić information content (AvgIpc) is 2.20. The summed E-state index contributed by atoms with van der Waals surface area (Å²) in [6.07, 6.45) is 1.74. The molecule has 1 heterocycles. The van der Waals surface area contributed by atoms with E-state index in [1.807, 2.05) is 13.0 Å². The van der Waals surface area contributed by atoms with E-state index in [2.05, 4.69) is 24.0 Å². The number of thioether (sulfide) groups is 1. The van der Waals surface area contributed by atoms with E-state index in [4.69, 9.17) is 5.11 Å². The molecule has 0 bridgehead atoms. The van der Waals surface area contributed by atoms with E-state index < -0.39 is 0 Å². The maximum Gasteiger partial charge on any atom is 0.0989 e. The molecule has 3 nitrogen and oxygen atoms in total. The molecule has 15 heavy (non-hydrogen) atoms. The smallest absolute Gasteiger partial charge is 0.0989 e. The first kappa shape index (κ1) is 12.5. The summed E-state index contributed by atoms with van der Waals surface area (Å²) >= 11 is 1.76. The zero-order chi connectivity index (χ0) is 11.3. The van der Waals surface area contributed by atoms with Gasteiger partial charge in [0, 0.05) is 18.5 Å². The minimum atomic E-state index is 0.0660. The van der Waals surface area contributed by atoms with E-state index in [-0.39, 0.29) is 6.61 Å². The van der Waals surface area contributed by atoms with Gasteiger partial charge >= 0.3 is 0 Å². The zero-order valence-corrected chi connectivity index (χ0v) is 10.3. The lowest BCUT2D eigenvalue weighted by molar-refractivity contribution is 0.281. The third-order valence-electron chi connectivity index (χ3n) is 2.05. The molecule has 84 valence electrons. The van der Waals surface area contributed by atoms with Crippen molar-refractivity contribution >= 4 is 11.8 Å². The topological polar surface area (TPSA) is 36.4 Å². The number of hydrogen-bond acceptors (Lipinski definition) is 4. The molecule has 0 unspecified atom stereocenters. The van der Waals surface area contributed by atoms with Gasteiger partial charge in [0.15, 0.2) is 0 Å². The van der Waals surface area contributed by atoms with Gasteiger partial charge in [0.25, 0.3) is 0 Å². The SMILES string of the molecule is Cc1cc(CO)cnc1SCCN(C)C. The summed E-state index contributed by atoms with van der Waals surface area (Å²) in [7, 11) is 4.13. The van der Waals surface area contributed by atoms with Crippen LogP contribution in [0.4, 0.5) is 0 Å². The molecule has 1 aromatic rings. The molecule has 0 saturated carbocycles. The van der Waals surface area contributed by atoms with Crippen LogP contribution in [0.2, 0.25) is 0 Å². The van der Waals surface area contributed by atoms with Crippen molar-refractivity contribution in [3.63, 3.8) is 0 Å². The molecule has 0 spiro atoms. The van der Waals surface area contributed by atoms with Gasteiger partial charge in [-0.05, 0) is 38.2 Å². The van der Waals surface area contributed by atoms with E-state index in [1.165, 1.54) is 0 Å². The Morgan fingerprint density at radius 1 is 1.47 bits per heavy atom. The van der Waals surface area contributed by atoms with E-state index in [1.54, 1.807) is 18.0 Å². The lowest BCUT2D eigenvalue weighted by Crippen LogP contribution is -2.14. The van der Waals surface area contributed by atoms with Gasteiger partial charge in [-0.15, -0.1) is 11.8 Å². The van der Waals surface area contributed by atoms with Crippen molar-refractivity contribution in [3.05, 3.63) is 23.4 Å². The molecule has 1 aromatic heterocycles. The van der Waals surface area contributed by atoms with Crippen LogP contribution in [0, 0.1) is 6.92 Å².